The first-order valence-corrected chi connectivity index (χ1v) is 5.60. The van der Waals surface area contributed by atoms with Crippen LogP contribution in [0.2, 0.25) is 0 Å². The fraction of sp³-hybridized carbons (Fsp3) is 0.778. The molecule has 0 saturated heterocycles. The molecule has 0 fully saturated rings. The monoisotopic (exact) mass is 265 g/mol. The van der Waals surface area contributed by atoms with Gasteiger partial charge in [-0.15, -0.1) is 0 Å². The molecule has 14 heavy (non-hydrogen) atoms. The summed E-state index contributed by atoms with van der Waals surface area (Å²) in [5, 5.41) is 11.4. The van der Waals surface area contributed by atoms with Crippen molar-refractivity contribution in [2.45, 2.75) is 26.2 Å². The van der Waals surface area contributed by atoms with E-state index in [2.05, 4.69) is 20.7 Å². The van der Waals surface area contributed by atoms with Crippen molar-refractivity contribution in [2.24, 2.45) is 5.92 Å². The van der Waals surface area contributed by atoms with Gasteiger partial charge in [0.25, 0.3) is 0 Å². The third kappa shape index (κ3) is 6.88. The van der Waals surface area contributed by atoms with Crippen molar-refractivity contribution in [3.8, 4) is 0 Å². The first kappa shape index (κ1) is 13.4. The number of carboxylic acid groups (broad SMARTS) is 1. The molecule has 5 heteroatoms. The van der Waals surface area contributed by atoms with Crippen LogP contribution in [0, 0.1) is 5.92 Å². The van der Waals surface area contributed by atoms with Gasteiger partial charge >= 0.3 is 5.97 Å². The maximum atomic E-state index is 10.6. The zero-order valence-electron chi connectivity index (χ0n) is 8.12. The summed E-state index contributed by atoms with van der Waals surface area (Å²) in [4.78, 5) is 21.0. The Balaban J connectivity index is 3.78. The number of rotatable bonds is 7. The van der Waals surface area contributed by atoms with Crippen LogP contribution in [0.25, 0.3) is 0 Å². The quantitative estimate of drug-likeness (QED) is 0.382. The normalized spacial score (nSPS) is 12.1. The highest BCUT2D eigenvalue weighted by molar-refractivity contribution is 9.09. The van der Waals surface area contributed by atoms with Crippen molar-refractivity contribution in [1.82, 2.24) is 0 Å². The van der Waals surface area contributed by atoms with E-state index in [1.807, 2.05) is 0 Å². The van der Waals surface area contributed by atoms with E-state index in [-0.39, 0.29) is 6.61 Å². The summed E-state index contributed by atoms with van der Waals surface area (Å²) < 4.78 is 4.62. The second-order valence-electron chi connectivity index (χ2n) is 3.00. The Kier molecular flexibility index (Phi) is 7.47. The molecule has 0 bridgehead atoms. The predicted molar refractivity (Wildman–Crippen MR) is 52.8 cm³/mol. The summed E-state index contributed by atoms with van der Waals surface area (Å²) in [6, 6.07) is 0. The lowest BCUT2D eigenvalue weighted by molar-refractivity contribution is -0.312. The summed E-state index contributed by atoms with van der Waals surface area (Å²) >= 11 is 3.25. The van der Waals surface area contributed by atoms with Crippen molar-refractivity contribution in [3.63, 3.8) is 0 Å². The van der Waals surface area contributed by atoms with Crippen LogP contribution < -0.4 is 5.11 Å². The molecule has 0 radical (unpaired) electrons. The second-order valence-corrected chi connectivity index (χ2v) is 3.80. The first-order valence-electron chi connectivity index (χ1n) is 4.48. The van der Waals surface area contributed by atoms with E-state index in [0.29, 0.717) is 6.42 Å². The number of aliphatic carboxylic acids is 1. The van der Waals surface area contributed by atoms with Gasteiger partial charge in [0.1, 0.15) is 0 Å². The smallest absolute Gasteiger partial charge is 0.302 e. The Morgan fingerprint density at radius 2 is 2.07 bits per heavy atom. The van der Waals surface area contributed by atoms with Gasteiger partial charge < -0.3 is 14.6 Å². The van der Waals surface area contributed by atoms with Crippen LogP contribution in [0.3, 0.4) is 0 Å². The molecule has 0 spiro atoms. The van der Waals surface area contributed by atoms with Gasteiger partial charge in [-0.25, -0.2) is 0 Å². The van der Waals surface area contributed by atoms with Gasteiger partial charge in [-0.3, -0.25) is 4.79 Å². The summed E-state index contributed by atoms with van der Waals surface area (Å²) in [5.41, 5.74) is 0. The average Bonchev–Trinajstić information content (AvgIpc) is 2.10. The standard InChI is InChI=1S/C9H15BrO4/c1-7(11)14-6-8(9(12)13)4-2-3-5-10/h8H,2-6H2,1H3,(H,12,13)/p-1. The predicted octanol–water partition coefficient (Wildman–Crippen LogP) is 0.481. The largest absolute Gasteiger partial charge is 0.550 e. The minimum atomic E-state index is -1.15. The molecular weight excluding hydrogens is 252 g/mol. The number of carboxylic acids is 1. The molecule has 0 N–H and O–H groups in total. The van der Waals surface area contributed by atoms with E-state index in [1.54, 1.807) is 0 Å². The van der Waals surface area contributed by atoms with E-state index in [0.717, 1.165) is 18.2 Å². The topological polar surface area (TPSA) is 66.4 Å². The molecule has 0 rings (SSSR count). The van der Waals surface area contributed by atoms with Gasteiger partial charge in [-0.2, -0.15) is 0 Å². The first-order chi connectivity index (χ1) is 6.57. The van der Waals surface area contributed by atoms with Crippen LogP contribution in [0.15, 0.2) is 0 Å². The number of ether oxygens (including phenoxy) is 1. The number of carbonyl (C=O) groups is 2. The van der Waals surface area contributed by atoms with Gasteiger partial charge in [-0.05, 0) is 12.8 Å². The third-order valence-corrected chi connectivity index (χ3v) is 2.32. The molecule has 0 aliphatic heterocycles. The minimum absolute atomic E-state index is 0.0834. The van der Waals surface area contributed by atoms with Crippen molar-refractivity contribution in [3.05, 3.63) is 0 Å². The highest BCUT2D eigenvalue weighted by Crippen LogP contribution is 2.09. The summed E-state index contributed by atoms with van der Waals surface area (Å²) in [5.74, 6) is -2.30. The van der Waals surface area contributed by atoms with E-state index in [4.69, 9.17) is 0 Å². The molecule has 82 valence electrons. The van der Waals surface area contributed by atoms with E-state index < -0.39 is 17.9 Å². The maximum absolute atomic E-state index is 10.6. The molecule has 0 heterocycles. The number of halogens is 1. The zero-order chi connectivity index (χ0) is 11.0. The lowest BCUT2D eigenvalue weighted by Crippen LogP contribution is -2.34. The molecule has 4 nitrogen and oxygen atoms in total. The molecule has 0 aromatic rings. The molecule has 0 amide bonds. The lowest BCUT2D eigenvalue weighted by atomic mass is 10.0. The summed E-state index contributed by atoms with van der Waals surface area (Å²) in [7, 11) is 0. The molecule has 1 atom stereocenters. The molecule has 1 unspecified atom stereocenters. The van der Waals surface area contributed by atoms with Crippen LogP contribution in [-0.4, -0.2) is 23.9 Å². The number of hydrogen-bond acceptors (Lipinski definition) is 4. The summed E-state index contributed by atoms with van der Waals surface area (Å²) in [6.45, 7) is 1.17. The molecule has 0 aliphatic rings. The van der Waals surface area contributed by atoms with Crippen LogP contribution in [-0.2, 0) is 14.3 Å². The van der Waals surface area contributed by atoms with Crippen molar-refractivity contribution >= 4 is 27.9 Å². The van der Waals surface area contributed by atoms with Crippen LogP contribution in [0.5, 0.6) is 0 Å². The number of unbranched alkanes of at least 4 members (excludes halogenated alkanes) is 1. The van der Waals surface area contributed by atoms with Crippen LogP contribution >= 0.6 is 15.9 Å². The van der Waals surface area contributed by atoms with Crippen LogP contribution in [0.1, 0.15) is 26.2 Å². The van der Waals surface area contributed by atoms with Gasteiger partial charge in [0.05, 0.1) is 6.61 Å². The van der Waals surface area contributed by atoms with Crippen molar-refractivity contribution in [2.75, 3.05) is 11.9 Å². The maximum Gasteiger partial charge on any atom is 0.302 e. The zero-order valence-corrected chi connectivity index (χ0v) is 9.71. The summed E-state index contributed by atoms with van der Waals surface area (Å²) in [6.07, 6.45) is 2.18. The molecule has 0 aromatic heterocycles. The van der Waals surface area contributed by atoms with Crippen molar-refractivity contribution < 1.29 is 19.4 Å². The second kappa shape index (κ2) is 7.79. The van der Waals surface area contributed by atoms with E-state index in [1.165, 1.54) is 6.92 Å². The number of carbonyl (C=O) groups excluding carboxylic acids is 2. The fourth-order valence-corrected chi connectivity index (χ4v) is 1.37. The SMILES string of the molecule is CC(=O)OCC(CCCCBr)C(=O)[O-]. The minimum Gasteiger partial charge on any atom is -0.550 e. The third-order valence-electron chi connectivity index (χ3n) is 1.76. The molecular formula is C9H14BrO4-. The molecule has 0 saturated carbocycles. The van der Waals surface area contributed by atoms with Gasteiger partial charge in [0.15, 0.2) is 0 Å². The Morgan fingerprint density at radius 1 is 1.43 bits per heavy atom. The molecule has 0 aliphatic carbocycles. The van der Waals surface area contributed by atoms with Crippen molar-refractivity contribution in [1.29, 1.82) is 0 Å². The van der Waals surface area contributed by atoms with E-state index in [9.17, 15) is 14.7 Å². The Bertz CT molecular complexity index is 193. The Morgan fingerprint density at radius 3 is 2.50 bits per heavy atom. The van der Waals surface area contributed by atoms with Gasteiger partial charge in [0, 0.05) is 24.1 Å². The lowest BCUT2D eigenvalue weighted by Gasteiger charge is -2.16. The van der Waals surface area contributed by atoms with Gasteiger partial charge in [0.2, 0.25) is 0 Å². The molecule has 0 aromatic carbocycles. The highest BCUT2D eigenvalue weighted by atomic mass is 79.9. The fourth-order valence-electron chi connectivity index (χ4n) is 0.972. The van der Waals surface area contributed by atoms with Crippen LogP contribution in [0.4, 0.5) is 0 Å². The Labute approximate surface area is 91.8 Å². The number of hydrogen-bond donors (Lipinski definition) is 0. The Hall–Kier alpha value is -0.580. The number of alkyl halides is 1. The average molecular weight is 266 g/mol. The van der Waals surface area contributed by atoms with Gasteiger partial charge in [-0.1, -0.05) is 22.4 Å². The number of esters is 1. The highest BCUT2D eigenvalue weighted by Gasteiger charge is 2.11. The van der Waals surface area contributed by atoms with E-state index >= 15 is 0 Å².